The molecule has 0 bridgehead atoms. The highest BCUT2D eigenvalue weighted by atomic mass is 32.1. The lowest BCUT2D eigenvalue weighted by atomic mass is 9.89. The lowest BCUT2D eigenvalue weighted by Gasteiger charge is -2.32. The molecule has 0 aliphatic carbocycles. The van der Waals surface area contributed by atoms with E-state index in [4.69, 9.17) is 4.98 Å². The van der Waals surface area contributed by atoms with Gasteiger partial charge in [-0.25, -0.2) is 4.98 Å². The monoisotopic (exact) mass is 531 g/mol. The van der Waals surface area contributed by atoms with Gasteiger partial charge in [0.15, 0.2) is 5.69 Å². The van der Waals surface area contributed by atoms with Crippen LogP contribution in [0.1, 0.15) is 76.8 Å². The number of hydrogen-bond donors (Lipinski definition) is 2. The van der Waals surface area contributed by atoms with E-state index in [1.165, 1.54) is 11.3 Å². The molecule has 0 atom stereocenters. The van der Waals surface area contributed by atoms with Crippen molar-refractivity contribution in [2.24, 2.45) is 0 Å². The van der Waals surface area contributed by atoms with E-state index in [0.29, 0.717) is 53.4 Å². The molecule has 10 nitrogen and oxygen atoms in total. The van der Waals surface area contributed by atoms with Gasteiger partial charge in [0.25, 0.3) is 17.4 Å². The number of amides is 2. The van der Waals surface area contributed by atoms with Crippen molar-refractivity contribution in [2.45, 2.75) is 51.9 Å². The summed E-state index contributed by atoms with van der Waals surface area (Å²) in [5.74, 6) is -0.687. The second kappa shape index (κ2) is 10.1. The van der Waals surface area contributed by atoms with Crippen molar-refractivity contribution in [3.8, 4) is 0 Å². The van der Waals surface area contributed by atoms with Gasteiger partial charge in [0.2, 0.25) is 5.13 Å². The molecule has 0 saturated carbocycles. The third-order valence-electron chi connectivity index (χ3n) is 6.57. The minimum Gasteiger partial charge on any atom is -0.337 e. The number of aromatic amines is 1. The first-order chi connectivity index (χ1) is 18.1. The molecule has 1 aliphatic rings. The van der Waals surface area contributed by atoms with Gasteiger partial charge >= 0.3 is 0 Å². The predicted octanol–water partition coefficient (Wildman–Crippen LogP) is 4.05. The minimum absolute atomic E-state index is 0.0119. The van der Waals surface area contributed by atoms with E-state index in [2.05, 4.69) is 25.5 Å². The van der Waals surface area contributed by atoms with E-state index in [-0.39, 0.29) is 22.9 Å². The Kier molecular flexibility index (Phi) is 6.78. The molecule has 1 aliphatic heterocycles. The fourth-order valence-corrected chi connectivity index (χ4v) is 5.30. The number of aromatic nitrogens is 5. The molecule has 0 radical (unpaired) electrons. The van der Waals surface area contributed by atoms with E-state index >= 15 is 0 Å². The number of nitrogens with one attached hydrogen (secondary N) is 2. The Balaban J connectivity index is 1.31. The van der Waals surface area contributed by atoms with Crippen LogP contribution in [0, 0.1) is 6.92 Å². The predicted molar refractivity (Wildman–Crippen MR) is 146 cm³/mol. The smallest absolute Gasteiger partial charge is 0.280 e. The Bertz CT molecular complexity index is 1580. The average Bonchev–Trinajstić information content (AvgIpc) is 3.37. The van der Waals surface area contributed by atoms with Gasteiger partial charge < -0.3 is 9.88 Å². The highest BCUT2D eigenvalue weighted by Gasteiger charge is 2.30. The van der Waals surface area contributed by atoms with Gasteiger partial charge in [0.1, 0.15) is 5.01 Å². The summed E-state index contributed by atoms with van der Waals surface area (Å²) in [6.07, 6.45) is 1.22. The number of rotatable bonds is 4. The molecule has 2 amide bonds. The zero-order valence-electron chi connectivity index (χ0n) is 21.7. The summed E-state index contributed by atoms with van der Waals surface area (Å²) in [5.41, 5.74) is 2.40. The van der Waals surface area contributed by atoms with Crippen LogP contribution in [-0.4, -0.2) is 55.0 Å². The number of hydrogen-bond acceptors (Lipinski definition) is 8. The second-order valence-corrected chi connectivity index (χ2v) is 11.5. The highest BCUT2D eigenvalue weighted by Crippen LogP contribution is 2.31. The minimum atomic E-state index is -0.499. The van der Waals surface area contributed by atoms with Crippen molar-refractivity contribution < 1.29 is 9.59 Å². The number of anilines is 1. The fraction of sp³-hybridized carbons (Fsp3) is 0.370. The fourth-order valence-electron chi connectivity index (χ4n) is 4.50. The number of piperidine rings is 1. The standard InChI is InChI=1S/C27H29N7O3S/c1-15-9-10-17(22(35)31-26-33-32-25(38-26)27(2,3)4)20(28-15)16-11-13-34(14-12-16)24(37)21-23(36)30-19-8-6-5-7-18(19)29-21/h5-10,16H,11-14H2,1-4H3,(H,30,36)(H,31,33,35). The molecule has 4 aromatic rings. The topological polar surface area (TPSA) is 134 Å². The van der Waals surface area contributed by atoms with Gasteiger partial charge in [-0.3, -0.25) is 24.7 Å². The molecule has 1 aromatic carbocycles. The molecule has 1 fully saturated rings. The molecule has 0 unspecified atom stereocenters. The third-order valence-corrected chi connectivity index (χ3v) is 7.83. The van der Waals surface area contributed by atoms with Gasteiger partial charge in [-0.2, -0.15) is 0 Å². The van der Waals surface area contributed by atoms with Crippen molar-refractivity contribution >= 4 is 39.3 Å². The molecular formula is C27H29N7O3S. The molecule has 11 heteroatoms. The number of para-hydroxylation sites is 2. The number of carbonyl (C=O) groups is 2. The molecule has 5 rings (SSSR count). The quantitative estimate of drug-likeness (QED) is 0.406. The van der Waals surface area contributed by atoms with E-state index in [0.717, 1.165) is 10.7 Å². The first kappa shape index (κ1) is 25.7. The molecule has 4 heterocycles. The van der Waals surface area contributed by atoms with Crippen LogP contribution >= 0.6 is 11.3 Å². The molecular weight excluding hydrogens is 502 g/mol. The van der Waals surface area contributed by atoms with Gasteiger partial charge in [0, 0.05) is 30.1 Å². The Morgan fingerprint density at radius 3 is 2.50 bits per heavy atom. The van der Waals surface area contributed by atoms with Crippen LogP contribution in [-0.2, 0) is 5.41 Å². The summed E-state index contributed by atoms with van der Waals surface area (Å²) in [5, 5.41) is 12.5. The number of carbonyl (C=O) groups excluding carboxylic acids is 2. The molecule has 38 heavy (non-hydrogen) atoms. The van der Waals surface area contributed by atoms with Gasteiger partial charge in [0.05, 0.1) is 22.3 Å². The lowest BCUT2D eigenvalue weighted by Crippen LogP contribution is -2.41. The lowest BCUT2D eigenvalue weighted by molar-refractivity contribution is 0.0703. The number of fused-ring (bicyclic) bond motifs is 1. The second-order valence-electron chi connectivity index (χ2n) is 10.5. The highest BCUT2D eigenvalue weighted by molar-refractivity contribution is 7.15. The van der Waals surface area contributed by atoms with Crippen LogP contribution in [0.25, 0.3) is 11.0 Å². The maximum Gasteiger partial charge on any atom is 0.280 e. The number of nitrogens with zero attached hydrogens (tertiary/aromatic N) is 5. The van der Waals surface area contributed by atoms with Crippen LogP contribution < -0.4 is 10.9 Å². The Hall–Kier alpha value is -3.99. The maximum atomic E-state index is 13.2. The van der Waals surface area contributed by atoms with Crippen LogP contribution in [0.15, 0.2) is 41.2 Å². The number of benzene rings is 1. The number of pyridine rings is 1. The molecule has 1 saturated heterocycles. The summed E-state index contributed by atoms with van der Waals surface area (Å²) in [4.78, 5) is 52.4. The zero-order valence-corrected chi connectivity index (χ0v) is 22.6. The van der Waals surface area contributed by atoms with Crippen LogP contribution in [0.3, 0.4) is 0 Å². The third kappa shape index (κ3) is 5.19. The SMILES string of the molecule is Cc1ccc(C(=O)Nc2nnc(C(C)(C)C)s2)c(C2CCN(C(=O)c3nc4ccccc4[nH]c3=O)CC2)n1. The van der Waals surface area contributed by atoms with E-state index < -0.39 is 11.5 Å². The van der Waals surface area contributed by atoms with Crippen LogP contribution in [0.2, 0.25) is 0 Å². The van der Waals surface area contributed by atoms with Crippen LogP contribution in [0.5, 0.6) is 0 Å². The van der Waals surface area contributed by atoms with Crippen molar-refractivity contribution in [3.63, 3.8) is 0 Å². The molecule has 2 N–H and O–H groups in total. The number of likely N-dealkylation sites (tertiary alicyclic amines) is 1. The van der Waals surface area contributed by atoms with Crippen molar-refractivity contribution in [2.75, 3.05) is 18.4 Å². The summed E-state index contributed by atoms with van der Waals surface area (Å²) in [7, 11) is 0. The largest absolute Gasteiger partial charge is 0.337 e. The van der Waals surface area contributed by atoms with Crippen molar-refractivity contribution in [3.05, 3.63) is 74.4 Å². The average molecular weight is 532 g/mol. The Labute approximate surface area is 223 Å². The maximum absolute atomic E-state index is 13.2. The van der Waals surface area contributed by atoms with Gasteiger partial charge in [-0.1, -0.05) is 44.2 Å². The Morgan fingerprint density at radius 1 is 1.05 bits per heavy atom. The summed E-state index contributed by atoms with van der Waals surface area (Å²) < 4.78 is 0. The zero-order chi connectivity index (χ0) is 27.0. The summed E-state index contributed by atoms with van der Waals surface area (Å²) in [6, 6.07) is 10.7. The molecule has 0 spiro atoms. The van der Waals surface area contributed by atoms with Crippen molar-refractivity contribution in [1.29, 1.82) is 0 Å². The van der Waals surface area contributed by atoms with Gasteiger partial charge in [-0.15, -0.1) is 10.2 Å². The van der Waals surface area contributed by atoms with E-state index in [1.807, 2.05) is 39.8 Å². The molecule has 196 valence electrons. The number of aryl methyl sites for hydroxylation is 1. The molecule has 3 aromatic heterocycles. The summed E-state index contributed by atoms with van der Waals surface area (Å²) in [6.45, 7) is 8.89. The van der Waals surface area contributed by atoms with Gasteiger partial charge in [-0.05, 0) is 44.0 Å². The van der Waals surface area contributed by atoms with Crippen molar-refractivity contribution in [1.82, 2.24) is 30.0 Å². The number of H-pyrrole nitrogens is 1. The normalized spacial score (nSPS) is 14.6. The first-order valence-electron chi connectivity index (χ1n) is 12.5. The summed E-state index contributed by atoms with van der Waals surface area (Å²) >= 11 is 1.36. The van der Waals surface area contributed by atoms with Crippen LogP contribution in [0.4, 0.5) is 5.13 Å². The first-order valence-corrected chi connectivity index (χ1v) is 13.3. The van der Waals surface area contributed by atoms with E-state index in [1.54, 1.807) is 29.2 Å². The van der Waals surface area contributed by atoms with E-state index in [9.17, 15) is 14.4 Å². The Morgan fingerprint density at radius 2 is 1.79 bits per heavy atom.